The van der Waals surface area contributed by atoms with Crippen LogP contribution in [0.3, 0.4) is 0 Å². The zero-order valence-corrected chi connectivity index (χ0v) is 14.4. The number of nitrogens with zero attached hydrogens (tertiary/aromatic N) is 1. The number of carbonyl (C=O) groups excluding carboxylic acids is 3. The molecule has 1 aliphatic heterocycles. The van der Waals surface area contributed by atoms with Gasteiger partial charge in [-0.3, -0.25) is 14.4 Å². The SMILES string of the molecule is CC(=O)N1CCC[C@H](C(=O)O[C@H](C)C(=O)Nc2ccc(C)cc2)C1. The molecule has 1 fully saturated rings. The van der Waals surface area contributed by atoms with Gasteiger partial charge in [-0.25, -0.2) is 0 Å². The van der Waals surface area contributed by atoms with Crippen LogP contribution in [0.15, 0.2) is 24.3 Å². The van der Waals surface area contributed by atoms with Gasteiger partial charge in [0.2, 0.25) is 5.91 Å². The molecule has 1 N–H and O–H groups in total. The third kappa shape index (κ3) is 4.81. The van der Waals surface area contributed by atoms with E-state index in [9.17, 15) is 14.4 Å². The maximum Gasteiger partial charge on any atom is 0.311 e. The lowest BCUT2D eigenvalue weighted by Gasteiger charge is -2.31. The fourth-order valence-corrected chi connectivity index (χ4v) is 2.66. The number of hydrogen-bond acceptors (Lipinski definition) is 4. The second kappa shape index (κ2) is 7.95. The van der Waals surface area contributed by atoms with Crippen LogP contribution in [0.1, 0.15) is 32.3 Å². The molecule has 2 rings (SSSR count). The van der Waals surface area contributed by atoms with E-state index in [1.807, 2.05) is 19.1 Å². The maximum atomic E-state index is 12.2. The Morgan fingerprint density at radius 1 is 1.25 bits per heavy atom. The van der Waals surface area contributed by atoms with Gasteiger partial charge in [-0.2, -0.15) is 0 Å². The number of nitrogens with one attached hydrogen (secondary N) is 1. The molecular weight excluding hydrogens is 308 g/mol. The van der Waals surface area contributed by atoms with Crippen LogP contribution in [0.5, 0.6) is 0 Å². The van der Waals surface area contributed by atoms with Crippen molar-refractivity contribution in [2.24, 2.45) is 5.92 Å². The number of amides is 2. The molecular formula is C18H24N2O4. The highest BCUT2D eigenvalue weighted by Gasteiger charge is 2.30. The fourth-order valence-electron chi connectivity index (χ4n) is 2.66. The van der Waals surface area contributed by atoms with Gasteiger partial charge in [0.1, 0.15) is 0 Å². The second-order valence-corrected chi connectivity index (χ2v) is 6.24. The Balaban J connectivity index is 1.87. The number of rotatable bonds is 4. The van der Waals surface area contributed by atoms with Crippen molar-refractivity contribution in [3.63, 3.8) is 0 Å². The summed E-state index contributed by atoms with van der Waals surface area (Å²) in [7, 11) is 0. The van der Waals surface area contributed by atoms with Crippen molar-refractivity contribution in [1.29, 1.82) is 0 Å². The van der Waals surface area contributed by atoms with E-state index in [0.717, 1.165) is 12.0 Å². The highest BCUT2D eigenvalue weighted by Crippen LogP contribution is 2.19. The van der Waals surface area contributed by atoms with Crippen LogP contribution >= 0.6 is 0 Å². The number of anilines is 1. The number of ether oxygens (including phenoxy) is 1. The average molecular weight is 332 g/mol. The van der Waals surface area contributed by atoms with E-state index in [4.69, 9.17) is 4.74 Å². The van der Waals surface area contributed by atoms with Gasteiger partial charge in [-0.05, 0) is 38.8 Å². The Bertz CT molecular complexity index is 612. The first-order valence-corrected chi connectivity index (χ1v) is 8.20. The third-order valence-corrected chi connectivity index (χ3v) is 4.18. The van der Waals surface area contributed by atoms with E-state index in [1.165, 1.54) is 6.92 Å². The minimum atomic E-state index is -0.883. The lowest BCUT2D eigenvalue weighted by Crippen LogP contribution is -2.43. The van der Waals surface area contributed by atoms with Gasteiger partial charge < -0.3 is 15.0 Å². The molecule has 130 valence electrons. The number of aryl methyl sites for hydroxylation is 1. The molecule has 2 atom stereocenters. The summed E-state index contributed by atoms with van der Waals surface area (Å²) in [6.07, 6.45) is 0.560. The number of likely N-dealkylation sites (tertiary alicyclic amines) is 1. The third-order valence-electron chi connectivity index (χ3n) is 4.18. The summed E-state index contributed by atoms with van der Waals surface area (Å²) < 4.78 is 5.29. The standard InChI is InChI=1S/C18H24N2O4/c1-12-6-8-16(9-7-12)19-17(22)13(2)24-18(23)15-5-4-10-20(11-15)14(3)21/h6-9,13,15H,4-5,10-11H2,1-3H3,(H,19,22)/t13-,15+/m1/s1. The number of carbonyl (C=O) groups is 3. The summed E-state index contributed by atoms with van der Waals surface area (Å²) in [6, 6.07) is 7.39. The molecule has 0 bridgehead atoms. The van der Waals surface area contributed by atoms with Gasteiger partial charge in [-0.1, -0.05) is 17.7 Å². The predicted octanol–water partition coefficient (Wildman–Crippen LogP) is 2.12. The van der Waals surface area contributed by atoms with E-state index in [2.05, 4.69) is 5.32 Å². The van der Waals surface area contributed by atoms with Crippen LogP contribution < -0.4 is 5.32 Å². The average Bonchev–Trinajstić information content (AvgIpc) is 2.56. The van der Waals surface area contributed by atoms with E-state index >= 15 is 0 Å². The molecule has 6 nitrogen and oxygen atoms in total. The van der Waals surface area contributed by atoms with E-state index < -0.39 is 12.1 Å². The molecule has 0 aromatic heterocycles. The van der Waals surface area contributed by atoms with Crippen molar-refractivity contribution in [1.82, 2.24) is 4.90 Å². The van der Waals surface area contributed by atoms with E-state index in [0.29, 0.717) is 25.2 Å². The highest BCUT2D eigenvalue weighted by atomic mass is 16.5. The molecule has 0 spiro atoms. The number of benzene rings is 1. The number of hydrogen-bond donors (Lipinski definition) is 1. The maximum absolute atomic E-state index is 12.2. The molecule has 1 aliphatic rings. The Labute approximate surface area is 142 Å². The van der Waals surface area contributed by atoms with Crippen LogP contribution in [0, 0.1) is 12.8 Å². The van der Waals surface area contributed by atoms with Gasteiger partial charge in [0.25, 0.3) is 5.91 Å². The van der Waals surface area contributed by atoms with Crippen LogP contribution in [-0.2, 0) is 19.1 Å². The lowest BCUT2D eigenvalue weighted by atomic mass is 9.98. The van der Waals surface area contributed by atoms with Crippen molar-refractivity contribution in [2.75, 3.05) is 18.4 Å². The molecule has 1 aromatic rings. The Morgan fingerprint density at radius 3 is 2.54 bits per heavy atom. The molecule has 24 heavy (non-hydrogen) atoms. The molecule has 0 unspecified atom stereocenters. The Hall–Kier alpha value is -2.37. The first-order valence-electron chi connectivity index (χ1n) is 8.20. The molecule has 2 amide bonds. The molecule has 1 saturated heterocycles. The fraction of sp³-hybridized carbons (Fsp3) is 0.500. The molecule has 1 heterocycles. The molecule has 6 heteroatoms. The molecule has 0 aliphatic carbocycles. The normalized spacial score (nSPS) is 18.6. The lowest BCUT2D eigenvalue weighted by molar-refractivity contribution is -0.159. The summed E-state index contributed by atoms with van der Waals surface area (Å²) in [5.41, 5.74) is 1.76. The van der Waals surface area contributed by atoms with Gasteiger partial charge >= 0.3 is 5.97 Å². The molecule has 1 aromatic carbocycles. The molecule has 0 radical (unpaired) electrons. The summed E-state index contributed by atoms with van der Waals surface area (Å²) in [6.45, 7) is 6.03. The van der Waals surface area contributed by atoms with Gasteiger partial charge in [0.15, 0.2) is 6.10 Å². The summed E-state index contributed by atoms with van der Waals surface area (Å²) in [4.78, 5) is 37.5. The zero-order valence-electron chi connectivity index (χ0n) is 14.4. The quantitative estimate of drug-likeness (QED) is 0.857. The largest absolute Gasteiger partial charge is 0.452 e. The summed E-state index contributed by atoms with van der Waals surface area (Å²) >= 11 is 0. The van der Waals surface area contributed by atoms with Gasteiger partial charge in [0.05, 0.1) is 5.92 Å². The van der Waals surface area contributed by atoms with Crippen molar-refractivity contribution < 1.29 is 19.1 Å². The highest BCUT2D eigenvalue weighted by molar-refractivity contribution is 5.95. The van der Waals surface area contributed by atoms with Crippen LogP contribution in [0.25, 0.3) is 0 Å². The first-order chi connectivity index (χ1) is 11.4. The van der Waals surface area contributed by atoms with Crippen molar-refractivity contribution in [2.45, 2.75) is 39.7 Å². The van der Waals surface area contributed by atoms with Crippen molar-refractivity contribution in [3.05, 3.63) is 29.8 Å². The van der Waals surface area contributed by atoms with E-state index in [-0.39, 0.29) is 17.7 Å². The van der Waals surface area contributed by atoms with Crippen LogP contribution in [0.4, 0.5) is 5.69 Å². The Kier molecular flexibility index (Phi) is 5.95. The van der Waals surface area contributed by atoms with Crippen LogP contribution in [-0.4, -0.2) is 41.9 Å². The smallest absolute Gasteiger partial charge is 0.311 e. The minimum absolute atomic E-state index is 0.0438. The molecule has 0 saturated carbocycles. The van der Waals surface area contributed by atoms with Gasteiger partial charge in [0, 0.05) is 25.7 Å². The Morgan fingerprint density at radius 2 is 1.92 bits per heavy atom. The number of esters is 1. The summed E-state index contributed by atoms with van der Waals surface area (Å²) in [5, 5.41) is 2.72. The predicted molar refractivity (Wildman–Crippen MR) is 90.3 cm³/mol. The van der Waals surface area contributed by atoms with Crippen molar-refractivity contribution >= 4 is 23.5 Å². The van der Waals surface area contributed by atoms with Crippen LogP contribution in [0.2, 0.25) is 0 Å². The second-order valence-electron chi connectivity index (χ2n) is 6.24. The van der Waals surface area contributed by atoms with E-state index in [1.54, 1.807) is 24.0 Å². The minimum Gasteiger partial charge on any atom is -0.452 e. The summed E-state index contributed by atoms with van der Waals surface area (Å²) in [5.74, 6) is -1.20. The van der Waals surface area contributed by atoms with Crippen molar-refractivity contribution in [3.8, 4) is 0 Å². The first kappa shape index (κ1) is 18.0. The topological polar surface area (TPSA) is 75.7 Å². The zero-order chi connectivity index (χ0) is 17.7. The number of piperidine rings is 1. The monoisotopic (exact) mass is 332 g/mol. The van der Waals surface area contributed by atoms with Gasteiger partial charge in [-0.15, -0.1) is 0 Å².